The molecule has 1 amide bonds. The number of anilines is 4. The largest absolute Gasteiger partial charge is 0.369 e. The van der Waals surface area contributed by atoms with Crippen LogP contribution < -0.4 is 15.5 Å². The van der Waals surface area contributed by atoms with Crippen LogP contribution in [0.15, 0.2) is 60.8 Å². The lowest BCUT2D eigenvalue weighted by Crippen LogP contribution is -2.46. The van der Waals surface area contributed by atoms with Crippen molar-refractivity contribution in [1.29, 1.82) is 0 Å². The maximum Gasteiger partial charge on any atom is 0.227 e. The van der Waals surface area contributed by atoms with Gasteiger partial charge in [0.25, 0.3) is 0 Å². The summed E-state index contributed by atoms with van der Waals surface area (Å²) in [6, 6.07) is 18.0. The summed E-state index contributed by atoms with van der Waals surface area (Å²) < 4.78 is 0. The molecule has 0 spiro atoms. The maximum absolute atomic E-state index is 11.2. The molecule has 1 aliphatic heterocycles. The number of piperazine rings is 1. The minimum Gasteiger partial charge on any atom is -0.369 e. The second-order valence-electron chi connectivity index (χ2n) is 8.37. The molecule has 34 heavy (non-hydrogen) atoms. The van der Waals surface area contributed by atoms with Gasteiger partial charge in [0.15, 0.2) is 0 Å². The summed E-state index contributed by atoms with van der Waals surface area (Å²) in [5, 5.41) is 6.09. The average molecular weight is 477 g/mol. The summed E-state index contributed by atoms with van der Waals surface area (Å²) in [6.07, 6.45) is 5.20. The molecule has 0 bridgehead atoms. The molecule has 2 heterocycles. The summed E-state index contributed by atoms with van der Waals surface area (Å²) in [5.74, 6) is 1.71. The molecule has 2 N–H and O–H groups in total. The van der Waals surface area contributed by atoms with Crippen LogP contribution in [0.25, 0.3) is 11.3 Å². The quantitative estimate of drug-likeness (QED) is 0.433. The predicted molar refractivity (Wildman–Crippen MR) is 143 cm³/mol. The van der Waals surface area contributed by atoms with E-state index in [0.29, 0.717) is 5.95 Å². The van der Waals surface area contributed by atoms with Crippen LogP contribution in [0.1, 0.15) is 13.3 Å². The Morgan fingerprint density at radius 3 is 2.35 bits per heavy atom. The van der Waals surface area contributed by atoms with Crippen LogP contribution >= 0.6 is 11.8 Å². The predicted octanol–water partition coefficient (Wildman–Crippen LogP) is 4.72. The van der Waals surface area contributed by atoms with Crippen molar-refractivity contribution < 1.29 is 4.79 Å². The van der Waals surface area contributed by atoms with Crippen molar-refractivity contribution in [1.82, 2.24) is 14.9 Å². The summed E-state index contributed by atoms with van der Waals surface area (Å²) in [6.45, 7) is 7.09. The van der Waals surface area contributed by atoms with Gasteiger partial charge < -0.3 is 15.5 Å². The lowest BCUT2D eigenvalue weighted by Gasteiger charge is -2.36. The van der Waals surface area contributed by atoms with Crippen LogP contribution in [0.2, 0.25) is 0 Å². The Morgan fingerprint density at radius 1 is 0.971 bits per heavy atom. The van der Waals surface area contributed by atoms with Gasteiger partial charge in [0.1, 0.15) is 0 Å². The second kappa shape index (κ2) is 11.9. The first-order valence-electron chi connectivity index (χ1n) is 11.6. The minimum absolute atomic E-state index is 0.0868. The Bertz CT molecular complexity index is 1070. The summed E-state index contributed by atoms with van der Waals surface area (Å²) in [5.41, 5.74) is 4.75. The Balaban J connectivity index is 1.34. The van der Waals surface area contributed by atoms with E-state index in [4.69, 9.17) is 0 Å². The molecule has 1 saturated heterocycles. The van der Waals surface area contributed by atoms with E-state index < -0.39 is 0 Å². The van der Waals surface area contributed by atoms with Gasteiger partial charge in [-0.3, -0.25) is 9.69 Å². The molecular weight excluding hydrogens is 444 g/mol. The van der Waals surface area contributed by atoms with Crippen molar-refractivity contribution in [2.24, 2.45) is 0 Å². The topological polar surface area (TPSA) is 73.4 Å². The molecule has 3 aromatic rings. The van der Waals surface area contributed by atoms with E-state index in [0.717, 1.165) is 48.8 Å². The van der Waals surface area contributed by atoms with Crippen molar-refractivity contribution >= 4 is 40.7 Å². The second-order valence-corrected chi connectivity index (χ2v) is 9.36. The van der Waals surface area contributed by atoms with Gasteiger partial charge in [-0.15, -0.1) is 0 Å². The lowest BCUT2D eigenvalue weighted by atomic mass is 10.1. The van der Waals surface area contributed by atoms with Crippen molar-refractivity contribution in [3.63, 3.8) is 0 Å². The zero-order chi connectivity index (χ0) is 23.8. The number of thioether (sulfide) groups is 1. The molecule has 1 aromatic heterocycles. The van der Waals surface area contributed by atoms with Crippen molar-refractivity contribution in [3.8, 4) is 11.3 Å². The van der Waals surface area contributed by atoms with Gasteiger partial charge in [-0.25, -0.2) is 9.97 Å². The fourth-order valence-electron chi connectivity index (χ4n) is 4.05. The Kier molecular flexibility index (Phi) is 8.38. The van der Waals surface area contributed by atoms with Gasteiger partial charge in [0.2, 0.25) is 11.9 Å². The molecule has 1 aliphatic rings. The van der Waals surface area contributed by atoms with Gasteiger partial charge in [-0.05, 0) is 67.4 Å². The molecule has 2 aromatic carbocycles. The van der Waals surface area contributed by atoms with Crippen LogP contribution in [-0.2, 0) is 4.79 Å². The van der Waals surface area contributed by atoms with Crippen LogP contribution in [0.5, 0.6) is 0 Å². The highest BCUT2D eigenvalue weighted by atomic mass is 32.2. The molecule has 1 fully saturated rings. The van der Waals surface area contributed by atoms with E-state index in [2.05, 4.69) is 60.9 Å². The van der Waals surface area contributed by atoms with Crippen LogP contribution in [-0.4, -0.2) is 65.5 Å². The van der Waals surface area contributed by atoms with Crippen LogP contribution in [0.3, 0.4) is 0 Å². The molecule has 7 nitrogen and oxygen atoms in total. The number of rotatable bonds is 9. The first-order valence-corrected chi connectivity index (χ1v) is 13.0. The number of aromatic nitrogens is 2. The number of hydrogen-bond donors (Lipinski definition) is 2. The third kappa shape index (κ3) is 6.71. The van der Waals surface area contributed by atoms with Gasteiger partial charge in [-0.2, -0.15) is 11.8 Å². The molecule has 178 valence electrons. The van der Waals surface area contributed by atoms with Gasteiger partial charge in [-0.1, -0.05) is 12.1 Å². The summed E-state index contributed by atoms with van der Waals surface area (Å²) in [4.78, 5) is 25.3. The molecule has 0 atom stereocenters. The monoisotopic (exact) mass is 476 g/mol. The Morgan fingerprint density at radius 2 is 1.68 bits per heavy atom. The van der Waals surface area contributed by atoms with E-state index in [1.54, 1.807) is 6.20 Å². The number of carbonyl (C=O) groups is 1. The molecule has 4 rings (SSSR count). The van der Waals surface area contributed by atoms with E-state index in [9.17, 15) is 4.79 Å². The summed E-state index contributed by atoms with van der Waals surface area (Å²) in [7, 11) is 0. The Labute approximate surface area is 206 Å². The van der Waals surface area contributed by atoms with Crippen LogP contribution in [0, 0.1) is 0 Å². The van der Waals surface area contributed by atoms with E-state index >= 15 is 0 Å². The number of nitrogens with one attached hydrogen (secondary N) is 2. The normalized spacial score (nSPS) is 14.1. The Hall–Kier alpha value is -3.10. The standard InChI is InChI=1S/C26H32N6OS/c1-20(33)28-22-6-4-21(5-7-22)25-12-13-27-26(30-25)29-23-8-10-24(11-9-23)32-17-15-31(16-18-32)14-3-19-34-2/h4-13H,3,14-19H2,1-2H3,(H,28,33)(H,27,29,30). The van der Waals surface area contributed by atoms with E-state index in [-0.39, 0.29) is 5.91 Å². The number of amides is 1. The smallest absolute Gasteiger partial charge is 0.227 e. The highest BCUT2D eigenvalue weighted by molar-refractivity contribution is 7.98. The van der Waals surface area contributed by atoms with Crippen molar-refractivity contribution in [3.05, 3.63) is 60.8 Å². The number of benzene rings is 2. The van der Waals surface area contributed by atoms with E-state index in [1.165, 1.54) is 31.3 Å². The minimum atomic E-state index is -0.0868. The fourth-order valence-corrected chi connectivity index (χ4v) is 4.47. The average Bonchev–Trinajstić information content (AvgIpc) is 2.85. The molecule has 0 unspecified atom stereocenters. The highest BCUT2D eigenvalue weighted by Crippen LogP contribution is 2.23. The highest BCUT2D eigenvalue weighted by Gasteiger charge is 2.16. The van der Waals surface area contributed by atoms with Crippen LogP contribution in [0.4, 0.5) is 23.0 Å². The zero-order valence-corrected chi connectivity index (χ0v) is 20.6. The molecule has 8 heteroatoms. The zero-order valence-electron chi connectivity index (χ0n) is 19.8. The van der Waals surface area contributed by atoms with E-state index in [1.807, 2.05) is 42.1 Å². The molecule has 0 aliphatic carbocycles. The molecule has 0 saturated carbocycles. The third-order valence-corrected chi connectivity index (χ3v) is 6.54. The third-order valence-electron chi connectivity index (χ3n) is 5.84. The molecule has 0 radical (unpaired) electrons. The van der Waals surface area contributed by atoms with Gasteiger partial charge >= 0.3 is 0 Å². The van der Waals surface area contributed by atoms with Crippen molar-refractivity contribution in [2.45, 2.75) is 13.3 Å². The molecular formula is C26H32N6OS. The first kappa shape index (κ1) is 24.0. The number of nitrogens with zero attached hydrogens (tertiary/aromatic N) is 4. The van der Waals surface area contributed by atoms with Gasteiger partial charge in [0.05, 0.1) is 5.69 Å². The fraction of sp³-hybridized carbons (Fsp3) is 0.346. The first-order chi connectivity index (χ1) is 16.6. The lowest BCUT2D eigenvalue weighted by molar-refractivity contribution is -0.114. The SMILES string of the molecule is CSCCCN1CCN(c2ccc(Nc3nccc(-c4ccc(NC(C)=O)cc4)n3)cc2)CC1. The number of carbonyl (C=O) groups excluding carboxylic acids is 1. The summed E-state index contributed by atoms with van der Waals surface area (Å²) >= 11 is 1.93. The maximum atomic E-state index is 11.2. The van der Waals surface area contributed by atoms with Crippen molar-refractivity contribution in [2.75, 3.05) is 60.3 Å². The van der Waals surface area contributed by atoms with Gasteiger partial charge in [0, 0.05) is 61.9 Å². The number of hydrogen-bond acceptors (Lipinski definition) is 7.